The largest absolute Gasteiger partial charge is 0.342 e. The molecule has 1 saturated carbocycles. The molecule has 1 amide bonds. The Morgan fingerprint density at radius 2 is 2.17 bits per heavy atom. The maximum Gasteiger partial charge on any atom is 0.225 e. The molecule has 0 unspecified atom stereocenters. The Kier molecular flexibility index (Phi) is 5.00. The number of nitrogens with one attached hydrogen (secondary N) is 1. The zero-order valence-electron chi connectivity index (χ0n) is 14.1. The topological polar surface area (TPSA) is 32.3 Å². The summed E-state index contributed by atoms with van der Waals surface area (Å²) in [5.74, 6) is 0.957. The minimum Gasteiger partial charge on any atom is -0.342 e. The van der Waals surface area contributed by atoms with Crippen LogP contribution in [-0.4, -0.2) is 29.9 Å². The van der Waals surface area contributed by atoms with Crippen LogP contribution >= 0.6 is 0 Å². The van der Waals surface area contributed by atoms with Crippen LogP contribution in [-0.2, 0) is 4.79 Å². The number of piperidine rings is 1. The van der Waals surface area contributed by atoms with Crippen molar-refractivity contribution in [1.29, 1.82) is 0 Å². The molecule has 0 radical (unpaired) electrons. The molecule has 4 heteroatoms. The van der Waals surface area contributed by atoms with Crippen molar-refractivity contribution in [3.05, 3.63) is 35.6 Å². The molecule has 3 atom stereocenters. The summed E-state index contributed by atoms with van der Waals surface area (Å²) in [6, 6.07) is 7.32. The molecule has 0 aromatic heterocycles. The number of amides is 1. The number of hydrogen-bond acceptors (Lipinski definition) is 2. The first-order valence-corrected chi connectivity index (χ1v) is 8.88. The Morgan fingerprint density at radius 3 is 2.83 bits per heavy atom. The third-order valence-corrected chi connectivity index (χ3v) is 5.31. The number of rotatable bonds is 5. The Morgan fingerprint density at radius 1 is 1.39 bits per heavy atom. The van der Waals surface area contributed by atoms with Crippen molar-refractivity contribution in [2.45, 2.75) is 51.6 Å². The van der Waals surface area contributed by atoms with Crippen LogP contribution < -0.4 is 5.32 Å². The van der Waals surface area contributed by atoms with E-state index in [1.807, 2.05) is 6.07 Å². The molecular formula is C19H27FN2O. The van der Waals surface area contributed by atoms with E-state index in [1.165, 1.54) is 6.07 Å². The zero-order valence-corrected chi connectivity index (χ0v) is 14.1. The number of halogens is 1. The second kappa shape index (κ2) is 7.00. The molecule has 126 valence electrons. The first-order chi connectivity index (χ1) is 11.1. The van der Waals surface area contributed by atoms with Gasteiger partial charge in [0, 0.05) is 31.1 Å². The van der Waals surface area contributed by atoms with Crippen molar-refractivity contribution in [3.8, 4) is 0 Å². The number of likely N-dealkylation sites (tertiary alicyclic amines) is 1. The van der Waals surface area contributed by atoms with E-state index < -0.39 is 0 Å². The fourth-order valence-electron chi connectivity index (χ4n) is 3.65. The molecule has 1 heterocycles. The molecule has 1 aliphatic heterocycles. The first kappa shape index (κ1) is 16.4. The maximum absolute atomic E-state index is 13.4. The van der Waals surface area contributed by atoms with Gasteiger partial charge in [-0.1, -0.05) is 25.5 Å². The Labute approximate surface area is 138 Å². The number of benzene rings is 1. The van der Waals surface area contributed by atoms with Crippen molar-refractivity contribution in [2.24, 2.45) is 11.8 Å². The van der Waals surface area contributed by atoms with Gasteiger partial charge in [-0.3, -0.25) is 4.79 Å². The van der Waals surface area contributed by atoms with Crippen LogP contribution in [0.3, 0.4) is 0 Å². The molecule has 1 aromatic carbocycles. The molecule has 3 rings (SSSR count). The summed E-state index contributed by atoms with van der Waals surface area (Å²) in [6.07, 6.45) is 4.19. The molecule has 23 heavy (non-hydrogen) atoms. The lowest BCUT2D eigenvalue weighted by atomic mass is 9.88. The number of carbonyl (C=O) groups excluding carboxylic acids is 1. The lowest BCUT2D eigenvalue weighted by Crippen LogP contribution is -2.51. The van der Waals surface area contributed by atoms with Crippen LogP contribution in [0.4, 0.5) is 4.39 Å². The van der Waals surface area contributed by atoms with E-state index in [1.54, 1.807) is 12.1 Å². The average molecular weight is 318 g/mol. The molecule has 0 spiro atoms. The fraction of sp³-hybridized carbons (Fsp3) is 0.632. The molecule has 3 nitrogen and oxygen atoms in total. The first-order valence-electron chi connectivity index (χ1n) is 8.88. The van der Waals surface area contributed by atoms with Crippen molar-refractivity contribution in [3.63, 3.8) is 0 Å². The van der Waals surface area contributed by atoms with Crippen molar-refractivity contribution < 1.29 is 9.18 Å². The third kappa shape index (κ3) is 3.92. The van der Waals surface area contributed by atoms with E-state index in [-0.39, 0.29) is 11.9 Å². The van der Waals surface area contributed by atoms with Gasteiger partial charge in [0.2, 0.25) is 5.91 Å². The Bertz CT molecular complexity index is 558. The summed E-state index contributed by atoms with van der Waals surface area (Å²) < 4.78 is 13.4. The maximum atomic E-state index is 13.4. The molecule has 1 N–H and O–H groups in total. The van der Waals surface area contributed by atoms with Gasteiger partial charge in [-0.15, -0.1) is 0 Å². The second-order valence-electron chi connectivity index (χ2n) is 7.07. The van der Waals surface area contributed by atoms with Crippen LogP contribution in [0.2, 0.25) is 0 Å². The summed E-state index contributed by atoms with van der Waals surface area (Å²) >= 11 is 0. The van der Waals surface area contributed by atoms with Crippen LogP contribution in [0.5, 0.6) is 0 Å². The van der Waals surface area contributed by atoms with Crippen LogP contribution in [0.25, 0.3) is 0 Å². The lowest BCUT2D eigenvalue weighted by Gasteiger charge is -2.40. The molecular weight excluding hydrogens is 291 g/mol. The molecule has 2 aliphatic rings. The molecule has 2 fully saturated rings. The minimum absolute atomic E-state index is 0.121. The Hall–Kier alpha value is -1.42. The van der Waals surface area contributed by atoms with Crippen molar-refractivity contribution in [2.75, 3.05) is 13.1 Å². The van der Waals surface area contributed by atoms with Gasteiger partial charge in [0.1, 0.15) is 5.82 Å². The van der Waals surface area contributed by atoms with Crippen molar-refractivity contribution in [1.82, 2.24) is 10.2 Å². The zero-order chi connectivity index (χ0) is 16.4. The SMILES string of the molecule is CC[C@@H]1CN(C(=O)C2CC2)CC[C@@H]1N[C@@H](C)c1cccc(F)c1. The highest BCUT2D eigenvalue weighted by Gasteiger charge is 2.37. The average Bonchev–Trinajstić information content (AvgIpc) is 3.39. The van der Waals surface area contributed by atoms with Gasteiger partial charge in [0.25, 0.3) is 0 Å². The number of carbonyl (C=O) groups is 1. The van der Waals surface area contributed by atoms with Gasteiger partial charge >= 0.3 is 0 Å². The predicted octanol–water partition coefficient (Wildman–Crippen LogP) is 3.51. The van der Waals surface area contributed by atoms with Crippen LogP contribution in [0.1, 0.15) is 51.1 Å². The minimum atomic E-state index is -0.187. The highest BCUT2D eigenvalue weighted by molar-refractivity contribution is 5.81. The normalized spacial score (nSPS) is 26.1. The summed E-state index contributed by atoms with van der Waals surface area (Å²) in [5.41, 5.74) is 0.983. The van der Waals surface area contributed by atoms with Crippen LogP contribution in [0, 0.1) is 17.7 Å². The molecule has 0 bridgehead atoms. The monoisotopic (exact) mass is 318 g/mol. The molecule has 1 aliphatic carbocycles. The van der Waals surface area contributed by atoms with Crippen molar-refractivity contribution >= 4 is 5.91 Å². The number of hydrogen-bond donors (Lipinski definition) is 1. The predicted molar refractivity (Wildman–Crippen MR) is 89.4 cm³/mol. The van der Waals surface area contributed by atoms with Gasteiger partial charge < -0.3 is 10.2 Å². The van der Waals surface area contributed by atoms with Gasteiger partial charge in [0.15, 0.2) is 0 Å². The van der Waals surface area contributed by atoms with E-state index in [0.717, 1.165) is 44.3 Å². The van der Waals surface area contributed by atoms with E-state index in [4.69, 9.17) is 0 Å². The lowest BCUT2D eigenvalue weighted by molar-refractivity contribution is -0.134. The molecule has 1 saturated heterocycles. The highest BCUT2D eigenvalue weighted by Crippen LogP contribution is 2.33. The van der Waals surface area contributed by atoms with Gasteiger partial charge in [-0.25, -0.2) is 4.39 Å². The summed E-state index contributed by atoms with van der Waals surface area (Å²) in [6.45, 7) is 5.99. The van der Waals surface area contributed by atoms with Gasteiger partial charge in [-0.05, 0) is 49.8 Å². The summed E-state index contributed by atoms with van der Waals surface area (Å²) in [7, 11) is 0. The third-order valence-electron chi connectivity index (χ3n) is 5.31. The summed E-state index contributed by atoms with van der Waals surface area (Å²) in [4.78, 5) is 14.3. The summed E-state index contributed by atoms with van der Waals surface area (Å²) in [5, 5.41) is 3.66. The van der Waals surface area contributed by atoms with E-state index >= 15 is 0 Å². The Balaban J connectivity index is 1.60. The smallest absolute Gasteiger partial charge is 0.225 e. The number of nitrogens with zero attached hydrogens (tertiary/aromatic N) is 1. The van der Waals surface area contributed by atoms with Gasteiger partial charge in [-0.2, -0.15) is 0 Å². The van der Waals surface area contributed by atoms with E-state index in [9.17, 15) is 9.18 Å². The van der Waals surface area contributed by atoms with Gasteiger partial charge in [0.05, 0.1) is 0 Å². The highest BCUT2D eigenvalue weighted by atomic mass is 19.1. The standard InChI is InChI=1S/C19H27FN2O/c1-3-14-12-22(19(23)15-7-8-15)10-9-18(14)21-13(2)16-5-4-6-17(20)11-16/h4-6,11,13-15,18,21H,3,7-10,12H2,1-2H3/t13-,14+,18-/m0/s1. The van der Waals surface area contributed by atoms with E-state index in [2.05, 4.69) is 24.1 Å². The van der Waals surface area contributed by atoms with E-state index in [0.29, 0.717) is 23.8 Å². The molecule has 1 aromatic rings. The van der Waals surface area contributed by atoms with Crippen LogP contribution in [0.15, 0.2) is 24.3 Å². The second-order valence-corrected chi connectivity index (χ2v) is 7.07. The fourth-order valence-corrected chi connectivity index (χ4v) is 3.65. The quantitative estimate of drug-likeness (QED) is 0.901.